The molecule has 5 nitrogen and oxygen atoms in total. The lowest BCUT2D eigenvalue weighted by molar-refractivity contribution is -0.131. The zero-order valence-corrected chi connectivity index (χ0v) is 8.77. The lowest BCUT2D eigenvalue weighted by Gasteiger charge is -2.19. The van der Waals surface area contributed by atoms with Gasteiger partial charge in [0.2, 0.25) is 5.91 Å². The molecule has 0 aromatic carbocycles. The molecule has 1 heterocycles. The molecule has 0 bridgehead atoms. The second-order valence-corrected chi connectivity index (χ2v) is 3.36. The molecule has 1 amide bonds. The molecule has 0 aliphatic rings. The number of carbonyl (C=O) groups is 1. The summed E-state index contributed by atoms with van der Waals surface area (Å²) in [5.41, 5.74) is 5.50. The topological polar surface area (TPSA) is 64.2 Å². The fourth-order valence-corrected chi connectivity index (χ4v) is 1.35. The molecule has 0 fully saturated rings. The summed E-state index contributed by atoms with van der Waals surface area (Å²) in [6.07, 6.45) is 3.43. The largest absolute Gasteiger partial charge is 0.347 e. The van der Waals surface area contributed by atoms with Crippen LogP contribution in [-0.2, 0) is 11.3 Å². The lowest BCUT2D eigenvalue weighted by atomic mass is 10.3. The number of nitrogens with zero attached hydrogens (tertiary/aromatic N) is 3. The Hall–Kier alpha value is -1.36. The van der Waals surface area contributed by atoms with Gasteiger partial charge in [0.05, 0.1) is 6.54 Å². The highest BCUT2D eigenvalue weighted by Crippen LogP contribution is 2.10. The molecule has 0 spiro atoms. The maximum atomic E-state index is 11.6. The van der Waals surface area contributed by atoms with E-state index in [0.717, 1.165) is 5.82 Å². The minimum Gasteiger partial charge on any atom is -0.347 e. The molecule has 14 heavy (non-hydrogen) atoms. The highest BCUT2D eigenvalue weighted by atomic mass is 16.2. The van der Waals surface area contributed by atoms with Crippen LogP contribution in [-0.4, -0.2) is 34.5 Å². The Balaban J connectivity index is 2.88. The molecule has 1 aromatic heterocycles. The SMILES string of the molecule is CC(C(=O)N(C)C)n1ccnc1CN. The van der Waals surface area contributed by atoms with Gasteiger partial charge in [-0.2, -0.15) is 0 Å². The second-order valence-electron chi connectivity index (χ2n) is 3.36. The van der Waals surface area contributed by atoms with Crippen molar-refractivity contribution in [3.63, 3.8) is 0 Å². The van der Waals surface area contributed by atoms with E-state index in [1.54, 1.807) is 36.0 Å². The first kappa shape index (κ1) is 10.7. The Morgan fingerprint density at radius 3 is 2.86 bits per heavy atom. The zero-order chi connectivity index (χ0) is 10.7. The van der Waals surface area contributed by atoms with E-state index in [1.165, 1.54) is 0 Å². The van der Waals surface area contributed by atoms with Gasteiger partial charge < -0.3 is 15.2 Å². The molecule has 2 N–H and O–H groups in total. The van der Waals surface area contributed by atoms with Crippen LogP contribution in [0, 0.1) is 0 Å². The van der Waals surface area contributed by atoms with Gasteiger partial charge in [0, 0.05) is 26.5 Å². The van der Waals surface area contributed by atoms with Gasteiger partial charge in [0.25, 0.3) is 0 Å². The summed E-state index contributed by atoms with van der Waals surface area (Å²) in [6, 6.07) is -0.244. The van der Waals surface area contributed by atoms with Gasteiger partial charge >= 0.3 is 0 Å². The normalized spacial score (nSPS) is 12.6. The second kappa shape index (κ2) is 4.23. The monoisotopic (exact) mass is 196 g/mol. The number of rotatable bonds is 3. The summed E-state index contributed by atoms with van der Waals surface area (Å²) in [7, 11) is 3.47. The fraction of sp³-hybridized carbons (Fsp3) is 0.556. The van der Waals surface area contributed by atoms with Crippen LogP contribution in [0.25, 0.3) is 0 Å². The average Bonchev–Trinajstić information content (AvgIpc) is 2.62. The molecule has 0 saturated carbocycles. The smallest absolute Gasteiger partial charge is 0.244 e. The molecule has 78 valence electrons. The van der Waals surface area contributed by atoms with Gasteiger partial charge in [-0.15, -0.1) is 0 Å². The number of hydrogen-bond acceptors (Lipinski definition) is 3. The van der Waals surface area contributed by atoms with Crippen molar-refractivity contribution in [2.75, 3.05) is 14.1 Å². The maximum Gasteiger partial charge on any atom is 0.244 e. The Morgan fingerprint density at radius 1 is 1.71 bits per heavy atom. The van der Waals surface area contributed by atoms with Crippen molar-refractivity contribution >= 4 is 5.91 Å². The van der Waals surface area contributed by atoms with Crippen molar-refractivity contribution in [1.82, 2.24) is 14.5 Å². The van der Waals surface area contributed by atoms with Crippen molar-refractivity contribution in [2.24, 2.45) is 5.73 Å². The number of nitrogens with two attached hydrogens (primary N) is 1. The van der Waals surface area contributed by atoms with E-state index in [2.05, 4.69) is 4.98 Å². The van der Waals surface area contributed by atoms with Gasteiger partial charge in [-0.05, 0) is 6.92 Å². The molecule has 1 atom stereocenters. The Labute approximate surface area is 83.5 Å². The number of aromatic nitrogens is 2. The minimum atomic E-state index is -0.244. The quantitative estimate of drug-likeness (QED) is 0.739. The average molecular weight is 196 g/mol. The predicted molar refractivity (Wildman–Crippen MR) is 53.5 cm³/mol. The van der Waals surface area contributed by atoms with Gasteiger partial charge in [-0.25, -0.2) is 4.98 Å². The van der Waals surface area contributed by atoms with Crippen molar-refractivity contribution in [3.8, 4) is 0 Å². The highest BCUT2D eigenvalue weighted by Gasteiger charge is 2.18. The van der Waals surface area contributed by atoms with Crippen LogP contribution in [0.5, 0.6) is 0 Å². The van der Waals surface area contributed by atoms with Crippen molar-refractivity contribution in [2.45, 2.75) is 19.5 Å². The van der Waals surface area contributed by atoms with Crippen LogP contribution in [0.1, 0.15) is 18.8 Å². The highest BCUT2D eigenvalue weighted by molar-refractivity contribution is 5.79. The Morgan fingerprint density at radius 2 is 2.36 bits per heavy atom. The summed E-state index contributed by atoms with van der Waals surface area (Å²) in [4.78, 5) is 17.3. The molecule has 0 aliphatic heterocycles. The third-order valence-electron chi connectivity index (χ3n) is 2.15. The molecule has 1 rings (SSSR count). The van der Waals surface area contributed by atoms with Gasteiger partial charge in [-0.1, -0.05) is 0 Å². The van der Waals surface area contributed by atoms with E-state index in [4.69, 9.17) is 5.73 Å². The fourth-order valence-electron chi connectivity index (χ4n) is 1.35. The first-order valence-electron chi connectivity index (χ1n) is 4.51. The number of hydrogen-bond donors (Lipinski definition) is 1. The summed E-state index contributed by atoms with van der Waals surface area (Å²) in [6.45, 7) is 2.18. The predicted octanol–water partition coefficient (Wildman–Crippen LogP) is -0.00900. The van der Waals surface area contributed by atoms with Crippen LogP contribution in [0.3, 0.4) is 0 Å². The van der Waals surface area contributed by atoms with E-state index in [9.17, 15) is 4.79 Å². The summed E-state index contributed by atoms with van der Waals surface area (Å²) >= 11 is 0. The molecule has 0 aliphatic carbocycles. The summed E-state index contributed by atoms with van der Waals surface area (Å²) in [5.74, 6) is 0.769. The molecule has 5 heteroatoms. The van der Waals surface area contributed by atoms with E-state index in [-0.39, 0.29) is 11.9 Å². The molecular formula is C9H16N4O. The molecule has 1 aromatic rings. The molecule has 1 unspecified atom stereocenters. The third-order valence-corrected chi connectivity index (χ3v) is 2.15. The van der Waals surface area contributed by atoms with Crippen LogP contribution in [0.4, 0.5) is 0 Å². The molecular weight excluding hydrogens is 180 g/mol. The Bertz CT molecular complexity index is 318. The Kier molecular flexibility index (Phi) is 3.24. The maximum absolute atomic E-state index is 11.6. The number of imidazole rings is 1. The van der Waals surface area contributed by atoms with Crippen molar-refractivity contribution in [1.29, 1.82) is 0 Å². The van der Waals surface area contributed by atoms with Gasteiger partial charge in [0.15, 0.2) is 0 Å². The lowest BCUT2D eigenvalue weighted by Crippen LogP contribution is -2.30. The molecule has 0 saturated heterocycles. The van der Waals surface area contributed by atoms with Crippen LogP contribution >= 0.6 is 0 Å². The molecule has 0 radical (unpaired) electrons. The minimum absolute atomic E-state index is 0.0395. The first-order chi connectivity index (χ1) is 6.57. The third kappa shape index (κ3) is 1.93. The number of amides is 1. The van der Waals surface area contributed by atoms with E-state index >= 15 is 0 Å². The van der Waals surface area contributed by atoms with Crippen molar-refractivity contribution < 1.29 is 4.79 Å². The van der Waals surface area contributed by atoms with Crippen LogP contribution in [0.2, 0.25) is 0 Å². The standard InChI is InChI=1S/C9H16N4O/c1-7(9(14)12(2)3)13-5-4-11-8(13)6-10/h4-5,7H,6,10H2,1-3H3. The van der Waals surface area contributed by atoms with Gasteiger partial charge in [-0.3, -0.25) is 4.79 Å². The number of carbonyl (C=O) groups excluding carboxylic acids is 1. The zero-order valence-electron chi connectivity index (χ0n) is 8.77. The van der Waals surface area contributed by atoms with E-state index in [1.807, 2.05) is 6.92 Å². The van der Waals surface area contributed by atoms with Crippen molar-refractivity contribution in [3.05, 3.63) is 18.2 Å². The number of likely N-dealkylation sites (N-methyl/N-ethyl adjacent to an activating group) is 1. The van der Waals surface area contributed by atoms with E-state index < -0.39 is 0 Å². The first-order valence-corrected chi connectivity index (χ1v) is 4.51. The van der Waals surface area contributed by atoms with Crippen LogP contribution in [0.15, 0.2) is 12.4 Å². The summed E-state index contributed by atoms with van der Waals surface area (Å²) in [5, 5.41) is 0. The van der Waals surface area contributed by atoms with Gasteiger partial charge in [0.1, 0.15) is 11.9 Å². The summed E-state index contributed by atoms with van der Waals surface area (Å²) < 4.78 is 1.79. The van der Waals surface area contributed by atoms with E-state index in [0.29, 0.717) is 6.54 Å². The van der Waals surface area contributed by atoms with Crippen LogP contribution < -0.4 is 5.73 Å².